The maximum atomic E-state index is 12.0. The van der Waals surface area contributed by atoms with E-state index in [0.29, 0.717) is 11.3 Å². The van der Waals surface area contributed by atoms with Crippen LogP contribution in [0.5, 0.6) is 0 Å². The van der Waals surface area contributed by atoms with Crippen LogP contribution in [0.3, 0.4) is 0 Å². The summed E-state index contributed by atoms with van der Waals surface area (Å²) in [7, 11) is 1.29. The Kier molecular flexibility index (Phi) is 5.51. The van der Waals surface area contributed by atoms with Gasteiger partial charge < -0.3 is 19.8 Å². The molecule has 0 bridgehead atoms. The zero-order chi connectivity index (χ0) is 19.2. The zero-order valence-electron chi connectivity index (χ0n) is 14.7. The molecule has 0 aliphatic heterocycles. The molecule has 3 rings (SSSR count). The number of amides is 1. The predicted octanol–water partition coefficient (Wildman–Crippen LogP) is 2.68. The minimum absolute atomic E-state index is 0.0745. The number of hydrogen-bond donors (Lipinski definition) is 2. The van der Waals surface area contributed by atoms with E-state index in [1.807, 2.05) is 24.3 Å². The van der Waals surface area contributed by atoms with Crippen molar-refractivity contribution < 1.29 is 23.9 Å². The molecule has 7 heteroatoms. The number of benzene rings is 2. The molecule has 0 aliphatic carbocycles. The number of fused-ring (bicyclic) bond motifs is 1. The van der Waals surface area contributed by atoms with E-state index < -0.39 is 17.8 Å². The van der Waals surface area contributed by atoms with E-state index in [-0.39, 0.29) is 13.0 Å². The van der Waals surface area contributed by atoms with E-state index >= 15 is 0 Å². The number of H-pyrrole nitrogens is 1. The highest BCUT2D eigenvalue weighted by Crippen LogP contribution is 2.18. The number of methoxy groups -OCH3 is 1. The summed E-state index contributed by atoms with van der Waals surface area (Å²) < 4.78 is 9.64. The Hall–Kier alpha value is -3.61. The third kappa shape index (κ3) is 4.52. The van der Waals surface area contributed by atoms with Gasteiger partial charge in [0.05, 0.1) is 19.1 Å². The van der Waals surface area contributed by atoms with Crippen LogP contribution in [0.15, 0.2) is 54.7 Å². The van der Waals surface area contributed by atoms with E-state index in [2.05, 4.69) is 15.0 Å². The number of esters is 2. The molecular weight excluding hydrogens is 348 g/mol. The van der Waals surface area contributed by atoms with Crippen LogP contribution in [0.25, 0.3) is 10.9 Å². The fraction of sp³-hybridized carbons (Fsp3) is 0.150. The molecule has 0 saturated heterocycles. The van der Waals surface area contributed by atoms with Crippen LogP contribution in [0, 0.1) is 0 Å². The van der Waals surface area contributed by atoms with Gasteiger partial charge in [-0.2, -0.15) is 0 Å². The molecule has 1 amide bonds. The molecule has 138 valence electrons. The van der Waals surface area contributed by atoms with Crippen LogP contribution in [-0.4, -0.2) is 36.5 Å². The smallest absolute Gasteiger partial charge is 0.337 e. The standard InChI is InChI=1S/C20H18N2O5/c1-26-20(25)13-6-8-15(9-7-13)22-18(23)12-27-19(24)10-14-11-21-17-5-3-2-4-16(14)17/h2-9,11,21H,10,12H2,1H3,(H,22,23). The van der Waals surface area contributed by atoms with Gasteiger partial charge in [0.1, 0.15) is 0 Å². The van der Waals surface area contributed by atoms with E-state index in [9.17, 15) is 14.4 Å². The van der Waals surface area contributed by atoms with Gasteiger partial charge in [-0.3, -0.25) is 9.59 Å². The van der Waals surface area contributed by atoms with Crippen molar-refractivity contribution in [3.63, 3.8) is 0 Å². The van der Waals surface area contributed by atoms with Crippen molar-refractivity contribution in [1.29, 1.82) is 0 Å². The van der Waals surface area contributed by atoms with Crippen LogP contribution < -0.4 is 5.32 Å². The number of carbonyl (C=O) groups is 3. The second kappa shape index (κ2) is 8.18. The van der Waals surface area contributed by atoms with Crippen molar-refractivity contribution >= 4 is 34.4 Å². The lowest BCUT2D eigenvalue weighted by atomic mass is 10.1. The Bertz CT molecular complexity index is 975. The second-order valence-corrected chi connectivity index (χ2v) is 5.81. The van der Waals surface area contributed by atoms with E-state index in [1.165, 1.54) is 19.2 Å². The molecule has 7 nitrogen and oxygen atoms in total. The summed E-state index contributed by atoms with van der Waals surface area (Å²) in [5.74, 6) is -1.41. The van der Waals surface area contributed by atoms with Crippen LogP contribution in [0.4, 0.5) is 5.69 Å². The van der Waals surface area contributed by atoms with Gasteiger partial charge in [-0.1, -0.05) is 18.2 Å². The molecule has 1 heterocycles. The summed E-state index contributed by atoms with van der Waals surface area (Å²) in [6.45, 7) is -0.389. The van der Waals surface area contributed by atoms with Crippen LogP contribution in [0.1, 0.15) is 15.9 Å². The van der Waals surface area contributed by atoms with Gasteiger partial charge in [-0.05, 0) is 35.9 Å². The molecule has 27 heavy (non-hydrogen) atoms. The fourth-order valence-electron chi connectivity index (χ4n) is 2.64. The Labute approximate surface area is 155 Å². The number of aromatic nitrogens is 1. The Morgan fingerprint density at radius 2 is 1.78 bits per heavy atom. The van der Waals surface area contributed by atoms with Gasteiger partial charge in [0, 0.05) is 22.8 Å². The topological polar surface area (TPSA) is 97.5 Å². The third-order valence-corrected chi connectivity index (χ3v) is 3.96. The van der Waals surface area contributed by atoms with Crippen molar-refractivity contribution in [1.82, 2.24) is 4.98 Å². The van der Waals surface area contributed by atoms with Crippen molar-refractivity contribution in [2.24, 2.45) is 0 Å². The van der Waals surface area contributed by atoms with Gasteiger partial charge >= 0.3 is 11.9 Å². The van der Waals surface area contributed by atoms with Gasteiger partial charge in [-0.25, -0.2) is 4.79 Å². The zero-order valence-corrected chi connectivity index (χ0v) is 14.7. The molecule has 0 unspecified atom stereocenters. The fourth-order valence-corrected chi connectivity index (χ4v) is 2.64. The highest BCUT2D eigenvalue weighted by molar-refractivity contribution is 5.94. The molecule has 0 atom stereocenters. The molecule has 0 aliphatic rings. The van der Waals surface area contributed by atoms with E-state index in [1.54, 1.807) is 18.3 Å². The Morgan fingerprint density at radius 3 is 2.52 bits per heavy atom. The summed E-state index contributed by atoms with van der Waals surface area (Å²) >= 11 is 0. The Morgan fingerprint density at radius 1 is 1.04 bits per heavy atom. The maximum Gasteiger partial charge on any atom is 0.337 e. The lowest BCUT2D eigenvalue weighted by Crippen LogP contribution is -2.21. The number of para-hydroxylation sites is 1. The van der Waals surface area contributed by atoms with Gasteiger partial charge in [0.2, 0.25) is 0 Å². The lowest BCUT2D eigenvalue weighted by Gasteiger charge is -2.07. The lowest BCUT2D eigenvalue weighted by molar-refractivity contribution is -0.146. The number of carbonyl (C=O) groups excluding carboxylic acids is 3. The highest BCUT2D eigenvalue weighted by atomic mass is 16.5. The summed E-state index contributed by atoms with van der Waals surface area (Å²) in [6, 6.07) is 13.8. The molecular formula is C20H18N2O5. The number of anilines is 1. The van der Waals surface area contributed by atoms with Crippen LogP contribution in [0.2, 0.25) is 0 Å². The number of hydrogen-bond acceptors (Lipinski definition) is 5. The first-order valence-corrected chi connectivity index (χ1v) is 8.25. The SMILES string of the molecule is COC(=O)c1ccc(NC(=O)COC(=O)Cc2c[nH]c3ccccc23)cc1. The molecule has 0 radical (unpaired) electrons. The number of aromatic amines is 1. The predicted molar refractivity (Wildman–Crippen MR) is 99.4 cm³/mol. The largest absolute Gasteiger partial charge is 0.465 e. The minimum Gasteiger partial charge on any atom is -0.465 e. The molecule has 1 aromatic heterocycles. The molecule has 0 spiro atoms. The minimum atomic E-state index is -0.490. The summed E-state index contributed by atoms with van der Waals surface area (Å²) in [4.78, 5) is 38.4. The molecule has 3 aromatic rings. The van der Waals surface area contributed by atoms with Gasteiger partial charge in [0.15, 0.2) is 6.61 Å². The number of nitrogens with one attached hydrogen (secondary N) is 2. The molecule has 0 saturated carbocycles. The summed E-state index contributed by atoms with van der Waals surface area (Å²) in [6.07, 6.45) is 1.83. The number of rotatable bonds is 6. The second-order valence-electron chi connectivity index (χ2n) is 5.81. The van der Waals surface area contributed by atoms with E-state index in [0.717, 1.165) is 16.5 Å². The van der Waals surface area contributed by atoms with Crippen molar-refractivity contribution in [3.8, 4) is 0 Å². The molecule has 2 N–H and O–H groups in total. The quantitative estimate of drug-likeness (QED) is 0.654. The van der Waals surface area contributed by atoms with Crippen molar-refractivity contribution in [2.45, 2.75) is 6.42 Å². The number of ether oxygens (including phenoxy) is 2. The van der Waals surface area contributed by atoms with Crippen molar-refractivity contribution in [3.05, 3.63) is 65.9 Å². The monoisotopic (exact) mass is 366 g/mol. The normalized spacial score (nSPS) is 10.4. The first-order valence-electron chi connectivity index (χ1n) is 8.25. The van der Waals surface area contributed by atoms with Gasteiger partial charge in [0.25, 0.3) is 5.91 Å². The van der Waals surface area contributed by atoms with Crippen LogP contribution >= 0.6 is 0 Å². The van der Waals surface area contributed by atoms with E-state index in [4.69, 9.17) is 4.74 Å². The first kappa shape index (κ1) is 18.2. The van der Waals surface area contributed by atoms with Crippen LogP contribution in [-0.2, 0) is 25.5 Å². The third-order valence-electron chi connectivity index (χ3n) is 3.96. The Balaban J connectivity index is 1.50. The maximum absolute atomic E-state index is 12.0. The average Bonchev–Trinajstić information content (AvgIpc) is 3.09. The summed E-state index contributed by atoms with van der Waals surface area (Å²) in [5.41, 5.74) is 2.61. The first-order chi connectivity index (χ1) is 13.1. The van der Waals surface area contributed by atoms with Crippen molar-refractivity contribution in [2.75, 3.05) is 19.0 Å². The van der Waals surface area contributed by atoms with Gasteiger partial charge in [-0.15, -0.1) is 0 Å². The molecule has 0 fully saturated rings. The summed E-state index contributed by atoms with van der Waals surface area (Å²) in [5, 5.41) is 3.54. The average molecular weight is 366 g/mol. The highest BCUT2D eigenvalue weighted by Gasteiger charge is 2.12. The molecule has 2 aromatic carbocycles.